The number of Topliss-reactive ketones (excluding diaryl/α,β-unsaturated/α-hetero) is 2. The number of nitrogens with two attached hydrogens (primary N) is 6. The standard InChI is InChI=1S/C40H54N14O9/c41-38(42)47-15-3-9-26(34(60)50-20-30(55)56)52-36(62)29-12-6-18-54(29)37(63)28(11-5-17-49-40(45)46)53-35(61)27(10-4-16-48-39(43)44)51-33(59)21-13-14-23-22-7-1-2-8-24(22)31(57)32(58)25(23)19-21/h1-2,7-8,13-14,19,26-29H,3-6,9-12,15-18,20H2,(H,50,60)(H,51,59)(H,52,62)(H,53,61)(H,55,56)(H4,41,42,47)(H4,43,44,48)(H4,45,46,49)/t26-,27-,28-,29-/m0/s1. The molecule has 0 aromatic heterocycles. The van der Waals surface area contributed by atoms with Gasteiger partial charge in [0.2, 0.25) is 35.2 Å². The smallest absolute Gasteiger partial charge is 0.322 e. The summed E-state index contributed by atoms with van der Waals surface area (Å²) in [7, 11) is 0. The first-order valence-corrected chi connectivity index (χ1v) is 20.2. The highest BCUT2D eigenvalue weighted by atomic mass is 16.4. The van der Waals surface area contributed by atoms with Crippen LogP contribution in [0.25, 0.3) is 11.1 Å². The minimum absolute atomic E-state index is 0.00565. The number of aliphatic imine (C=N–C) groups is 3. The summed E-state index contributed by atoms with van der Waals surface area (Å²) in [5, 5.41) is 19.3. The molecular formula is C40H54N14O9. The van der Waals surface area contributed by atoms with Crippen molar-refractivity contribution < 1.29 is 43.5 Å². The zero-order chi connectivity index (χ0) is 46.2. The molecule has 1 aliphatic heterocycles. The molecule has 23 heteroatoms. The molecule has 0 unspecified atom stereocenters. The highest BCUT2D eigenvalue weighted by Gasteiger charge is 2.39. The van der Waals surface area contributed by atoms with E-state index < -0.39 is 77.8 Å². The molecule has 4 atom stereocenters. The highest BCUT2D eigenvalue weighted by molar-refractivity contribution is 6.53. The SMILES string of the molecule is NC(N)=NCCC[C@H](NC(=O)c1ccc2c(c1)C(=O)C(=O)c1ccccc1-2)C(=O)N[C@@H](CCCN=C(N)N)C(=O)N1CCC[C@H]1C(=O)N[C@@H](CCCN=C(N)N)C(=O)NCC(=O)O. The van der Waals surface area contributed by atoms with Crippen molar-refractivity contribution in [3.8, 4) is 11.1 Å². The van der Waals surface area contributed by atoms with E-state index in [1.807, 2.05) is 0 Å². The number of nitrogens with one attached hydrogen (secondary N) is 4. The van der Waals surface area contributed by atoms with Crippen molar-refractivity contribution >= 4 is 65.0 Å². The summed E-state index contributed by atoms with van der Waals surface area (Å²) in [6, 6.07) is 6.07. The number of guanidine groups is 3. The molecule has 2 aromatic rings. The Balaban J connectivity index is 1.57. The van der Waals surface area contributed by atoms with Crippen molar-refractivity contribution in [2.24, 2.45) is 49.4 Å². The van der Waals surface area contributed by atoms with Gasteiger partial charge in [0, 0.05) is 42.9 Å². The number of nitrogens with zero attached hydrogens (tertiary/aromatic N) is 4. The normalized spacial score (nSPS) is 15.3. The first-order chi connectivity index (χ1) is 30.0. The minimum atomic E-state index is -1.30. The van der Waals surface area contributed by atoms with E-state index >= 15 is 0 Å². The average Bonchev–Trinajstić information content (AvgIpc) is 3.74. The average molecular weight is 875 g/mol. The number of hydrogen-bond donors (Lipinski definition) is 11. The molecule has 0 saturated carbocycles. The maximum absolute atomic E-state index is 14.3. The Morgan fingerprint density at radius 2 is 1.19 bits per heavy atom. The van der Waals surface area contributed by atoms with E-state index in [-0.39, 0.29) is 106 Å². The van der Waals surface area contributed by atoms with Crippen molar-refractivity contribution in [1.29, 1.82) is 0 Å². The largest absolute Gasteiger partial charge is 0.480 e. The summed E-state index contributed by atoms with van der Waals surface area (Å²) in [4.78, 5) is 119. The van der Waals surface area contributed by atoms with Gasteiger partial charge in [-0.25, -0.2) is 0 Å². The van der Waals surface area contributed by atoms with Gasteiger partial charge in [-0.1, -0.05) is 30.3 Å². The van der Waals surface area contributed by atoms with Crippen LogP contribution in [-0.4, -0.2) is 132 Å². The fourth-order valence-electron chi connectivity index (χ4n) is 7.15. The van der Waals surface area contributed by atoms with Gasteiger partial charge in [-0.05, 0) is 74.6 Å². The van der Waals surface area contributed by atoms with Crippen molar-refractivity contribution in [3.05, 3.63) is 59.2 Å². The lowest BCUT2D eigenvalue weighted by Gasteiger charge is -2.30. The van der Waals surface area contributed by atoms with Crippen molar-refractivity contribution in [2.45, 2.75) is 75.5 Å². The van der Waals surface area contributed by atoms with Gasteiger partial charge >= 0.3 is 5.97 Å². The summed E-state index contributed by atoms with van der Waals surface area (Å²) >= 11 is 0. The Morgan fingerprint density at radius 1 is 0.667 bits per heavy atom. The van der Waals surface area contributed by atoms with E-state index in [0.717, 1.165) is 0 Å². The van der Waals surface area contributed by atoms with Crippen molar-refractivity contribution in [1.82, 2.24) is 26.2 Å². The Labute approximate surface area is 361 Å². The van der Waals surface area contributed by atoms with E-state index in [1.165, 1.54) is 17.0 Å². The Kier molecular flexibility index (Phi) is 17.4. The van der Waals surface area contributed by atoms with Crippen LogP contribution in [0.15, 0.2) is 57.4 Å². The van der Waals surface area contributed by atoms with Crippen molar-refractivity contribution in [2.75, 3.05) is 32.7 Å². The summed E-state index contributed by atoms with van der Waals surface area (Å²) < 4.78 is 0. The number of aliphatic carboxylic acids is 1. The molecule has 1 aliphatic carbocycles. The summed E-state index contributed by atoms with van der Waals surface area (Å²) in [5.74, 6) is -7.02. The van der Waals surface area contributed by atoms with E-state index in [4.69, 9.17) is 39.5 Å². The van der Waals surface area contributed by atoms with Crippen LogP contribution in [0, 0.1) is 0 Å². The number of carboxylic acids is 1. The molecular weight excluding hydrogens is 821 g/mol. The number of carbonyl (C=O) groups is 8. The molecule has 0 spiro atoms. The lowest BCUT2D eigenvalue weighted by Crippen LogP contribution is -2.58. The predicted molar refractivity (Wildman–Crippen MR) is 231 cm³/mol. The Morgan fingerprint density at radius 3 is 1.76 bits per heavy atom. The second kappa shape index (κ2) is 22.9. The van der Waals surface area contributed by atoms with Crippen LogP contribution in [-0.2, 0) is 24.0 Å². The Bertz CT molecular complexity index is 2160. The molecule has 338 valence electrons. The summed E-state index contributed by atoms with van der Waals surface area (Å²) in [5.41, 5.74) is 34.0. The fraction of sp³-hybridized carbons (Fsp3) is 0.425. The third-order valence-electron chi connectivity index (χ3n) is 10.2. The van der Waals surface area contributed by atoms with Gasteiger partial charge < -0.3 is 65.7 Å². The van der Waals surface area contributed by atoms with E-state index in [2.05, 4.69) is 36.2 Å². The number of likely N-dealkylation sites (tertiary alicyclic amines) is 1. The molecule has 4 rings (SSSR count). The quantitative estimate of drug-likeness (QED) is 0.0246. The van der Waals surface area contributed by atoms with Crippen molar-refractivity contribution in [3.63, 3.8) is 0 Å². The molecule has 2 aliphatic rings. The van der Waals surface area contributed by atoms with Gasteiger partial charge in [0.15, 0.2) is 17.9 Å². The van der Waals surface area contributed by atoms with E-state index in [0.29, 0.717) is 17.5 Å². The van der Waals surface area contributed by atoms with Crippen LogP contribution in [0.3, 0.4) is 0 Å². The molecule has 2 aromatic carbocycles. The second-order valence-electron chi connectivity index (χ2n) is 14.8. The maximum atomic E-state index is 14.3. The molecule has 1 saturated heterocycles. The van der Waals surface area contributed by atoms with Gasteiger partial charge in [0.25, 0.3) is 5.91 Å². The molecule has 23 nitrogen and oxygen atoms in total. The molecule has 0 radical (unpaired) electrons. The first-order valence-electron chi connectivity index (χ1n) is 20.2. The zero-order valence-electron chi connectivity index (χ0n) is 34.5. The van der Waals surface area contributed by atoms with Crippen LogP contribution in [0.2, 0.25) is 0 Å². The molecule has 1 heterocycles. The van der Waals surface area contributed by atoms with Crippen LogP contribution in [0.4, 0.5) is 0 Å². The Hall–Kier alpha value is -7.59. The topological polar surface area (TPSA) is 401 Å². The number of carboxylic acid groups (broad SMARTS) is 1. The monoisotopic (exact) mass is 874 g/mol. The molecule has 0 bridgehead atoms. The van der Waals surface area contributed by atoms with E-state index in [9.17, 15) is 38.4 Å². The lowest BCUT2D eigenvalue weighted by molar-refractivity contribution is -0.142. The zero-order valence-corrected chi connectivity index (χ0v) is 34.5. The van der Waals surface area contributed by atoms with Gasteiger partial charge in [0.05, 0.1) is 0 Å². The molecule has 5 amide bonds. The second-order valence-corrected chi connectivity index (χ2v) is 14.8. The number of hydrogen-bond acceptors (Lipinski definition) is 11. The van der Waals surface area contributed by atoms with Gasteiger partial charge in [-0.15, -0.1) is 0 Å². The number of fused-ring (bicyclic) bond motifs is 3. The van der Waals surface area contributed by atoms with Gasteiger partial charge in [0.1, 0.15) is 30.7 Å². The summed E-state index contributed by atoms with van der Waals surface area (Å²) in [6.45, 7) is -0.296. The number of carbonyl (C=O) groups excluding carboxylic acids is 7. The minimum Gasteiger partial charge on any atom is -0.480 e. The van der Waals surface area contributed by atoms with Gasteiger partial charge in [-0.3, -0.25) is 53.3 Å². The molecule has 17 N–H and O–H groups in total. The maximum Gasteiger partial charge on any atom is 0.322 e. The number of benzene rings is 2. The number of ketones is 2. The predicted octanol–water partition coefficient (Wildman–Crippen LogP) is -2.85. The third-order valence-corrected chi connectivity index (χ3v) is 10.2. The highest BCUT2D eigenvalue weighted by Crippen LogP contribution is 2.34. The van der Waals surface area contributed by atoms with Crippen LogP contribution in [0.5, 0.6) is 0 Å². The van der Waals surface area contributed by atoms with Gasteiger partial charge in [-0.2, -0.15) is 0 Å². The van der Waals surface area contributed by atoms with Crippen LogP contribution in [0.1, 0.15) is 82.4 Å². The number of rotatable bonds is 22. The first kappa shape index (κ1) is 48.1. The number of amides is 5. The lowest BCUT2D eigenvalue weighted by atomic mass is 9.83. The summed E-state index contributed by atoms with van der Waals surface area (Å²) in [6.07, 6.45) is 1.25. The van der Waals surface area contributed by atoms with Crippen LogP contribution < -0.4 is 55.7 Å². The van der Waals surface area contributed by atoms with Crippen LogP contribution >= 0.6 is 0 Å². The van der Waals surface area contributed by atoms with E-state index in [1.54, 1.807) is 30.3 Å². The fourth-order valence-corrected chi connectivity index (χ4v) is 7.15. The third kappa shape index (κ3) is 13.7. The molecule has 1 fully saturated rings. The molecule has 63 heavy (non-hydrogen) atoms.